The van der Waals surface area contributed by atoms with Crippen molar-refractivity contribution >= 4 is 23.4 Å². The van der Waals surface area contributed by atoms with Crippen molar-refractivity contribution in [2.75, 3.05) is 24.7 Å². The molecule has 1 aromatic carbocycles. The predicted molar refractivity (Wildman–Crippen MR) is 81.1 cm³/mol. The normalized spacial score (nSPS) is 10.6. The number of benzene rings is 1. The highest BCUT2D eigenvalue weighted by Gasteiger charge is 2.09. The Morgan fingerprint density at radius 3 is 2.67 bits per heavy atom. The Morgan fingerprint density at radius 1 is 1.33 bits per heavy atom. The van der Waals surface area contributed by atoms with Gasteiger partial charge in [0.05, 0.1) is 5.69 Å². The molecule has 21 heavy (non-hydrogen) atoms. The lowest BCUT2D eigenvalue weighted by atomic mass is 10.3. The summed E-state index contributed by atoms with van der Waals surface area (Å²) < 4.78 is 1.66. The molecule has 0 amide bonds. The Hall–Kier alpha value is -2.09. The molecule has 1 N–H and O–H groups in total. The third-order valence-electron chi connectivity index (χ3n) is 2.82. The van der Waals surface area contributed by atoms with Gasteiger partial charge in [0.15, 0.2) is 0 Å². The molecule has 0 fully saturated rings. The standard InChI is InChI=1S/C13H17N5O2S/c1-17(2)10-5-7-11(8-6-10)18-13(14-15-16-18)21-9-3-4-12(19)20/h5-8H,3-4,9H2,1-2H3,(H,19,20). The fourth-order valence-corrected chi connectivity index (χ4v) is 2.54. The summed E-state index contributed by atoms with van der Waals surface area (Å²) in [4.78, 5) is 12.5. The first-order valence-corrected chi connectivity index (χ1v) is 7.47. The predicted octanol–water partition coefficient (Wildman–Crippen LogP) is 1.69. The van der Waals surface area contributed by atoms with E-state index in [4.69, 9.17) is 5.11 Å². The van der Waals surface area contributed by atoms with Gasteiger partial charge in [0, 0.05) is 32.0 Å². The zero-order chi connectivity index (χ0) is 15.2. The molecule has 0 atom stereocenters. The lowest BCUT2D eigenvalue weighted by Gasteiger charge is -2.12. The van der Waals surface area contributed by atoms with Crippen LogP contribution in [0.2, 0.25) is 0 Å². The first-order valence-electron chi connectivity index (χ1n) is 6.48. The molecule has 1 aromatic heterocycles. The summed E-state index contributed by atoms with van der Waals surface area (Å²) in [6.07, 6.45) is 0.749. The molecule has 2 aromatic rings. The van der Waals surface area contributed by atoms with E-state index in [1.54, 1.807) is 4.68 Å². The number of rotatable bonds is 7. The van der Waals surface area contributed by atoms with E-state index in [0.29, 0.717) is 17.3 Å². The van der Waals surface area contributed by atoms with Crippen molar-refractivity contribution in [2.24, 2.45) is 0 Å². The fourth-order valence-electron chi connectivity index (χ4n) is 1.71. The SMILES string of the molecule is CN(C)c1ccc(-n2nnnc2SCCCC(=O)O)cc1. The number of hydrogen-bond acceptors (Lipinski definition) is 6. The van der Waals surface area contributed by atoms with E-state index >= 15 is 0 Å². The second kappa shape index (κ2) is 7.07. The summed E-state index contributed by atoms with van der Waals surface area (Å²) in [5, 5.41) is 20.9. The Morgan fingerprint density at radius 2 is 2.05 bits per heavy atom. The van der Waals surface area contributed by atoms with E-state index in [0.717, 1.165) is 11.4 Å². The molecular weight excluding hydrogens is 290 g/mol. The molecule has 0 saturated heterocycles. The summed E-state index contributed by atoms with van der Waals surface area (Å²) in [5.41, 5.74) is 1.98. The van der Waals surface area contributed by atoms with Crippen molar-refractivity contribution in [3.8, 4) is 5.69 Å². The molecule has 0 saturated carbocycles. The summed E-state index contributed by atoms with van der Waals surface area (Å²) in [5.74, 6) is -0.114. The van der Waals surface area contributed by atoms with E-state index in [-0.39, 0.29) is 6.42 Å². The van der Waals surface area contributed by atoms with E-state index in [1.807, 2.05) is 43.3 Å². The Kier molecular flexibility index (Phi) is 5.15. The van der Waals surface area contributed by atoms with Gasteiger partial charge in [-0.1, -0.05) is 11.8 Å². The van der Waals surface area contributed by atoms with Crippen LogP contribution in [0.25, 0.3) is 5.69 Å². The van der Waals surface area contributed by atoms with Crippen LogP contribution < -0.4 is 4.90 Å². The highest BCUT2D eigenvalue weighted by molar-refractivity contribution is 7.99. The minimum absolute atomic E-state index is 0.159. The second-order valence-electron chi connectivity index (χ2n) is 4.63. The van der Waals surface area contributed by atoms with Crippen LogP contribution in [0.5, 0.6) is 0 Å². The number of tetrazole rings is 1. The average molecular weight is 307 g/mol. The maximum absolute atomic E-state index is 10.5. The maximum atomic E-state index is 10.5. The molecule has 0 aliphatic rings. The van der Waals surface area contributed by atoms with Gasteiger partial charge in [-0.2, -0.15) is 4.68 Å². The van der Waals surface area contributed by atoms with Crippen molar-refractivity contribution in [1.29, 1.82) is 0 Å². The number of anilines is 1. The van der Waals surface area contributed by atoms with Crippen molar-refractivity contribution in [2.45, 2.75) is 18.0 Å². The first kappa shape index (κ1) is 15.3. The molecule has 7 nitrogen and oxygen atoms in total. The van der Waals surface area contributed by atoms with Crippen molar-refractivity contribution in [1.82, 2.24) is 20.2 Å². The van der Waals surface area contributed by atoms with Crippen LogP contribution in [0.3, 0.4) is 0 Å². The summed E-state index contributed by atoms with van der Waals surface area (Å²) in [6, 6.07) is 7.89. The van der Waals surface area contributed by atoms with Crippen LogP contribution in [0.4, 0.5) is 5.69 Å². The maximum Gasteiger partial charge on any atom is 0.303 e. The second-order valence-corrected chi connectivity index (χ2v) is 5.69. The van der Waals surface area contributed by atoms with Gasteiger partial charge >= 0.3 is 5.97 Å². The number of carboxylic acids is 1. The van der Waals surface area contributed by atoms with Crippen LogP contribution in [0, 0.1) is 0 Å². The molecule has 112 valence electrons. The zero-order valence-corrected chi connectivity index (χ0v) is 12.7. The molecular formula is C13H17N5O2S. The smallest absolute Gasteiger partial charge is 0.303 e. The van der Waals surface area contributed by atoms with Crippen LogP contribution in [-0.2, 0) is 4.79 Å². The summed E-state index contributed by atoms with van der Waals surface area (Å²) in [7, 11) is 3.96. The fraction of sp³-hybridized carbons (Fsp3) is 0.385. The van der Waals surface area contributed by atoms with Crippen LogP contribution in [0.1, 0.15) is 12.8 Å². The number of aromatic nitrogens is 4. The molecule has 1 heterocycles. The molecule has 0 unspecified atom stereocenters. The van der Waals surface area contributed by atoms with Crippen LogP contribution in [0.15, 0.2) is 29.4 Å². The average Bonchev–Trinajstić information content (AvgIpc) is 2.92. The van der Waals surface area contributed by atoms with Crippen molar-refractivity contribution in [3.05, 3.63) is 24.3 Å². The molecule has 2 rings (SSSR count). The molecule has 0 spiro atoms. The topological polar surface area (TPSA) is 84.1 Å². The molecule has 0 aliphatic carbocycles. The zero-order valence-electron chi connectivity index (χ0n) is 11.9. The quantitative estimate of drug-likeness (QED) is 0.615. The van der Waals surface area contributed by atoms with Gasteiger partial charge in [0.2, 0.25) is 5.16 Å². The number of carboxylic acid groups (broad SMARTS) is 1. The third kappa shape index (κ3) is 4.19. The number of nitrogens with zero attached hydrogens (tertiary/aromatic N) is 5. The molecule has 0 bridgehead atoms. The van der Waals surface area contributed by atoms with Crippen LogP contribution >= 0.6 is 11.8 Å². The van der Waals surface area contributed by atoms with Crippen molar-refractivity contribution in [3.63, 3.8) is 0 Å². The highest BCUT2D eigenvalue weighted by Crippen LogP contribution is 2.21. The Labute approximate surface area is 127 Å². The molecule has 0 radical (unpaired) electrons. The van der Waals surface area contributed by atoms with Gasteiger partial charge in [-0.25, -0.2) is 0 Å². The van der Waals surface area contributed by atoms with Gasteiger partial charge in [-0.15, -0.1) is 5.10 Å². The largest absolute Gasteiger partial charge is 0.481 e. The van der Waals surface area contributed by atoms with Gasteiger partial charge in [0.25, 0.3) is 0 Å². The number of aliphatic carboxylic acids is 1. The van der Waals surface area contributed by atoms with Gasteiger partial charge in [-0.05, 0) is 41.1 Å². The Balaban J connectivity index is 2.03. The number of hydrogen-bond donors (Lipinski definition) is 1. The first-order chi connectivity index (χ1) is 10.1. The molecule has 8 heteroatoms. The molecule has 0 aliphatic heterocycles. The van der Waals surface area contributed by atoms with Gasteiger partial charge < -0.3 is 10.0 Å². The van der Waals surface area contributed by atoms with Gasteiger partial charge in [0.1, 0.15) is 0 Å². The minimum atomic E-state index is -0.783. The minimum Gasteiger partial charge on any atom is -0.481 e. The van der Waals surface area contributed by atoms with Crippen molar-refractivity contribution < 1.29 is 9.90 Å². The Bertz CT molecular complexity index is 597. The van der Waals surface area contributed by atoms with Crippen LogP contribution in [-0.4, -0.2) is 51.1 Å². The number of carbonyl (C=O) groups is 1. The van der Waals surface area contributed by atoms with E-state index in [9.17, 15) is 4.79 Å². The summed E-state index contributed by atoms with van der Waals surface area (Å²) >= 11 is 1.45. The lowest BCUT2D eigenvalue weighted by molar-refractivity contribution is -0.137. The monoisotopic (exact) mass is 307 g/mol. The van der Waals surface area contributed by atoms with Gasteiger partial charge in [-0.3, -0.25) is 4.79 Å². The van der Waals surface area contributed by atoms with E-state index in [1.165, 1.54) is 11.8 Å². The van der Waals surface area contributed by atoms with E-state index < -0.39 is 5.97 Å². The number of thioether (sulfide) groups is 1. The third-order valence-corrected chi connectivity index (χ3v) is 3.82. The van der Waals surface area contributed by atoms with E-state index in [2.05, 4.69) is 15.5 Å². The summed E-state index contributed by atoms with van der Waals surface area (Å²) in [6.45, 7) is 0. The lowest BCUT2D eigenvalue weighted by Crippen LogP contribution is -2.08. The highest BCUT2D eigenvalue weighted by atomic mass is 32.2.